The number of imidazole rings is 1. The van der Waals surface area contributed by atoms with E-state index in [0.717, 1.165) is 22.6 Å². The van der Waals surface area contributed by atoms with Gasteiger partial charge in [0.1, 0.15) is 5.82 Å². The second-order valence-corrected chi connectivity index (χ2v) is 6.09. The summed E-state index contributed by atoms with van der Waals surface area (Å²) in [5.74, 6) is 0.840. The van der Waals surface area contributed by atoms with Crippen LogP contribution >= 0.6 is 34.5 Å². The van der Waals surface area contributed by atoms with Gasteiger partial charge in [-0.05, 0) is 25.1 Å². The molecular weight excluding hydrogens is 301 g/mol. The SMILES string of the molecule is CC(Cl)c1nc2cc(Cl)ccc2n1Cc1cscn1. The Morgan fingerprint density at radius 2 is 2.26 bits per heavy atom. The molecule has 0 spiro atoms. The summed E-state index contributed by atoms with van der Waals surface area (Å²) in [5.41, 5.74) is 4.73. The van der Waals surface area contributed by atoms with Crippen LogP contribution in [0.3, 0.4) is 0 Å². The molecule has 3 nitrogen and oxygen atoms in total. The second kappa shape index (κ2) is 5.12. The van der Waals surface area contributed by atoms with E-state index in [-0.39, 0.29) is 5.38 Å². The van der Waals surface area contributed by atoms with Crippen molar-refractivity contribution in [1.29, 1.82) is 0 Å². The van der Waals surface area contributed by atoms with Crippen molar-refractivity contribution in [3.63, 3.8) is 0 Å². The van der Waals surface area contributed by atoms with Crippen LogP contribution in [-0.4, -0.2) is 14.5 Å². The highest BCUT2D eigenvalue weighted by molar-refractivity contribution is 7.07. The van der Waals surface area contributed by atoms with Gasteiger partial charge in [-0.25, -0.2) is 9.97 Å². The van der Waals surface area contributed by atoms with Crippen molar-refractivity contribution in [2.24, 2.45) is 0 Å². The van der Waals surface area contributed by atoms with Gasteiger partial charge in [0, 0.05) is 10.4 Å². The van der Waals surface area contributed by atoms with E-state index in [9.17, 15) is 0 Å². The van der Waals surface area contributed by atoms with Crippen molar-refractivity contribution in [3.05, 3.63) is 45.6 Å². The topological polar surface area (TPSA) is 30.7 Å². The van der Waals surface area contributed by atoms with Gasteiger partial charge in [0.05, 0.1) is 34.2 Å². The third kappa shape index (κ3) is 2.48. The number of alkyl halides is 1. The van der Waals surface area contributed by atoms with Crippen LogP contribution < -0.4 is 0 Å². The van der Waals surface area contributed by atoms with E-state index in [4.69, 9.17) is 23.2 Å². The molecule has 0 fully saturated rings. The molecule has 2 heterocycles. The number of benzene rings is 1. The molecule has 0 radical (unpaired) electrons. The highest BCUT2D eigenvalue weighted by atomic mass is 35.5. The lowest BCUT2D eigenvalue weighted by molar-refractivity contribution is 0.731. The molecule has 3 aromatic rings. The minimum absolute atomic E-state index is 0.162. The Bertz CT molecular complexity index is 704. The molecule has 0 saturated carbocycles. The molecule has 6 heteroatoms. The second-order valence-electron chi connectivity index (χ2n) is 4.28. The van der Waals surface area contributed by atoms with E-state index < -0.39 is 0 Å². The number of thiazole rings is 1. The van der Waals surface area contributed by atoms with Gasteiger partial charge in [-0.3, -0.25) is 0 Å². The van der Waals surface area contributed by atoms with E-state index in [1.165, 1.54) is 0 Å². The maximum absolute atomic E-state index is 6.23. The van der Waals surface area contributed by atoms with Crippen molar-refractivity contribution in [3.8, 4) is 0 Å². The highest BCUT2D eigenvalue weighted by Gasteiger charge is 2.15. The van der Waals surface area contributed by atoms with Gasteiger partial charge in [0.2, 0.25) is 0 Å². The zero-order valence-corrected chi connectivity index (χ0v) is 12.5. The summed E-state index contributed by atoms with van der Waals surface area (Å²) in [5, 5.41) is 2.55. The molecule has 0 aliphatic rings. The summed E-state index contributed by atoms with van der Waals surface area (Å²) >= 11 is 13.8. The first-order valence-corrected chi connectivity index (χ1v) is 7.57. The lowest BCUT2D eigenvalue weighted by atomic mass is 10.3. The molecule has 0 aliphatic carbocycles. The van der Waals surface area contributed by atoms with Crippen molar-refractivity contribution >= 4 is 45.6 Å². The first kappa shape index (κ1) is 12.9. The highest BCUT2D eigenvalue weighted by Crippen LogP contribution is 2.27. The third-order valence-electron chi connectivity index (χ3n) is 2.90. The van der Waals surface area contributed by atoms with Gasteiger partial charge in [0.15, 0.2) is 0 Å². The predicted molar refractivity (Wildman–Crippen MR) is 80.2 cm³/mol. The molecule has 0 aliphatic heterocycles. The third-order valence-corrected chi connectivity index (χ3v) is 3.96. The fraction of sp³-hybridized carbons (Fsp3) is 0.231. The van der Waals surface area contributed by atoms with Gasteiger partial charge < -0.3 is 4.57 Å². The van der Waals surface area contributed by atoms with E-state index in [0.29, 0.717) is 11.6 Å². The lowest BCUT2D eigenvalue weighted by Gasteiger charge is -2.08. The molecule has 0 saturated heterocycles. The first-order valence-electron chi connectivity index (χ1n) is 5.82. The number of fused-ring (bicyclic) bond motifs is 1. The van der Waals surface area contributed by atoms with Crippen LogP contribution in [-0.2, 0) is 6.54 Å². The number of hydrogen-bond donors (Lipinski definition) is 0. The summed E-state index contributed by atoms with van der Waals surface area (Å²) in [6.07, 6.45) is 0. The molecular formula is C13H11Cl2N3S. The van der Waals surface area contributed by atoms with Crippen LogP contribution in [0.4, 0.5) is 0 Å². The number of nitrogens with zero attached hydrogens (tertiary/aromatic N) is 3. The molecule has 19 heavy (non-hydrogen) atoms. The molecule has 1 atom stereocenters. The maximum atomic E-state index is 6.23. The predicted octanol–water partition coefficient (Wildman–Crippen LogP) is 4.49. The van der Waals surface area contributed by atoms with Crippen molar-refractivity contribution in [2.45, 2.75) is 18.8 Å². The van der Waals surface area contributed by atoms with Crippen molar-refractivity contribution in [1.82, 2.24) is 14.5 Å². The summed E-state index contributed by atoms with van der Waals surface area (Å²) in [6, 6.07) is 5.70. The molecule has 0 amide bonds. The minimum atomic E-state index is -0.162. The molecule has 1 unspecified atom stereocenters. The molecule has 3 rings (SSSR count). The van der Waals surface area contributed by atoms with Crippen LogP contribution in [0, 0.1) is 0 Å². The summed E-state index contributed by atoms with van der Waals surface area (Å²) < 4.78 is 2.10. The Balaban J connectivity index is 2.16. The molecule has 1 aromatic carbocycles. The Kier molecular flexibility index (Phi) is 3.48. The monoisotopic (exact) mass is 311 g/mol. The number of rotatable bonds is 3. The molecule has 98 valence electrons. The van der Waals surface area contributed by atoms with E-state index in [1.807, 2.05) is 36.0 Å². The standard InChI is InChI=1S/C13H11Cl2N3S/c1-8(14)13-17-11-4-9(15)2-3-12(11)18(13)5-10-6-19-7-16-10/h2-4,6-8H,5H2,1H3. The zero-order chi connectivity index (χ0) is 13.4. The summed E-state index contributed by atoms with van der Waals surface area (Å²) in [7, 11) is 0. The van der Waals surface area contributed by atoms with Gasteiger partial charge in [-0.15, -0.1) is 22.9 Å². The minimum Gasteiger partial charge on any atom is -0.321 e. The average molecular weight is 312 g/mol. The fourth-order valence-corrected chi connectivity index (χ4v) is 2.95. The Morgan fingerprint density at radius 3 is 2.95 bits per heavy atom. The maximum Gasteiger partial charge on any atom is 0.128 e. The van der Waals surface area contributed by atoms with Crippen molar-refractivity contribution in [2.75, 3.05) is 0 Å². The number of aromatic nitrogens is 3. The quantitative estimate of drug-likeness (QED) is 0.667. The molecule has 2 aromatic heterocycles. The Labute approximate surface area is 124 Å². The van der Waals surface area contributed by atoms with Crippen LogP contribution in [0.5, 0.6) is 0 Å². The van der Waals surface area contributed by atoms with Crippen LogP contribution in [0.15, 0.2) is 29.1 Å². The average Bonchev–Trinajstić information content (AvgIpc) is 2.97. The van der Waals surface area contributed by atoms with Crippen LogP contribution in [0.1, 0.15) is 23.8 Å². The molecule has 0 bridgehead atoms. The van der Waals surface area contributed by atoms with Gasteiger partial charge >= 0.3 is 0 Å². The summed E-state index contributed by atoms with van der Waals surface area (Å²) in [4.78, 5) is 8.89. The zero-order valence-electron chi connectivity index (χ0n) is 10.2. The largest absolute Gasteiger partial charge is 0.321 e. The smallest absolute Gasteiger partial charge is 0.128 e. The van der Waals surface area contributed by atoms with Crippen molar-refractivity contribution < 1.29 is 0 Å². The van der Waals surface area contributed by atoms with Gasteiger partial charge in [-0.2, -0.15) is 0 Å². The normalized spacial score (nSPS) is 13.0. The Hall–Kier alpha value is -1.10. The Morgan fingerprint density at radius 1 is 1.42 bits per heavy atom. The lowest BCUT2D eigenvalue weighted by Crippen LogP contribution is -2.05. The summed E-state index contributed by atoms with van der Waals surface area (Å²) in [6.45, 7) is 2.59. The first-order chi connectivity index (χ1) is 9.15. The van der Waals surface area contributed by atoms with E-state index >= 15 is 0 Å². The number of halogens is 2. The van der Waals surface area contributed by atoms with E-state index in [2.05, 4.69) is 14.5 Å². The number of hydrogen-bond acceptors (Lipinski definition) is 3. The molecule has 0 N–H and O–H groups in total. The van der Waals surface area contributed by atoms with Crippen LogP contribution in [0.25, 0.3) is 11.0 Å². The van der Waals surface area contributed by atoms with E-state index in [1.54, 1.807) is 11.3 Å². The van der Waals surface area contributed by atoms with Gasteiger partial charge in [0.25, 0.3) is 0 Å². The van der Waals surface area contributed by atoms with Gasteiger partial charge in [-0.1, -0.05) is 11.6 Å². The fourth-order valence-electron chi connectivity index (χ4n) is 2.07. The van der Waals surface area contributed by atoms with Crippen LogP contribution in [0.2, 0.25) is 5.02 Å².